The summed E-state index contributed by atoms with van der Waals surface area (Å²) >= 11 is 0. The van der Waals surface area contributed by atoms with Crippen LogP contribution in [0.1, 0.15) is 24.9 Å². The molecule has 1 rings (SSSR count). The molecule has 0 spiro atoms. The minimum Gasteiger partial charge on any atom is -0.481 e. The topological polar surface area (TPSA) is 35.2 Å². The number of benzene rings is 1. The van der Waals surface area contributed by atoms with Crippen molar-refractivity contribution in [3.8, 4) is 18.1 Å². The van der Waals surface area contributed by atoms with Gasteiger partial charge in [-0.15, -0.1) is 6.42 Å². The highest BCUT2D eigenvalue weighted by Gasteiger charge is 2.02. The van der Waals surface area contributed by atoms with Crippen molar-refractivity contribution in [2.45, 2.75) is 19.4 Å². The van der Waals surface area contributed by atoms with Crippen molar-refractivity contribution in [2.75, 3.05) is 6.61 Å². The Bertz CT molecular complexity index is 310. The highest BCUT2D eigenvalue weighted by Crippen LogP contribution is 2.17. The van der Waals surface area contributed by atoms with Gasteiger partial charge in [0, 0.05) is 6.04 Å². The van der Waals surface area contributed by atoms with Crippen LogP contribution in [0.2, 0.25) is 0 Å². The largest absolute Gasteiger partial charge is 0.481 e. The molecule has 0 bridgehead atoms. The van der Waals surface area contributed by atoms with Gasteiger partial charge in [-0.25, -0.2) is 0 Å². The molecule has 1 aromatic carbocycles. The Balaban J connectivity index is 2.64. The molecule has 0 saturated carbocycles. The summed E-state index contributed by atoms with van der Waals surface area (Å²) < 4.78 is 5.25. The van der Waals surface area contributed by atoms with E-state index in [4.69, 9.17) is 16.9 Å². The van der Waals surface area contributed by atoms with Gasteiger partial charge in [-0.05, 0) is 24.1 Å². The summed E-state index contributed by atoms with van der Waals surface area (Å²) in [7, 11) is 0. The van der Waals surface area contributed by atoms with Crippen LogP contribution in [-0.2, 0) is 0 Å². The molecule has 0 saturated heterocycles. The first-order chi connectivity index (χ1) is 6.77. The zero-order valence-corrected chi connectivity index (χ0v) is 8.36. The zero-order valence-electron chi connectivity index (χ0n) is 8.36. The zero-order chi connectivity index (χ0) is 10.4. The van der Waals surface area contributed by atoms with Gasteiger partial charge in [0.05, 0.1) is 0 Å². The van der Waals surface area contributed by atoms with E-state index in [9.17, 15) is 0 Å². The van der Waals surface area contributed by atoms with Crippen LogP contribution in [0.4, 0.5) is 0 Å². The van der Waals surface area contributed by atoms with Gasteiger partial charge in [0.15, 0.2) is 0 Å². The lowest BCUT2D eigenvalue weighted by atomic mass is 10.1. The molecule has 0 heterocycles. The average Bonchev–Trinajstić information content (AvgIpc) is 2.26. The van der Waals surface area contributed by atoms with Gasteiger partial charge in [-0.3, -0.25) is 0 Å². The number of rotatable bonds is 4. The van der Waals surface area contributed by atoms with Gasteiger partial charge in [0.1, 0.15) is 12.4 Å². The molecule has 14 heavy (non-hydrogen) atoms. The quantitative estimate of drug-likeness (QED) is 0.736. The maximum atomic E-state index is 5.87. The fourth-order valence-electron chi connectivity index (χ4n) is 1.17. The molecular formula is C12H15NO. The molecule has 0 unspecified atom stereocenters. The predicted octanol–water partition coefficient (Wildman–Crippen LogP) is 2.11. The lowest BCUT2D eigenvalue weighted by Gasteiger charge is -2.09. The van der Waals surface area contributed by atoms with Gasteiger partial charge < -0.3 is 10.5 Å². The molecule has 74 valence electrons. The summed E-state index contributed by atoms with van der Waals surface area (Å²) in [5, 5.41) is 0. The average molecular weight is 189 g/mol. The maximum Gasteiger partial charge on any atom is 0.148 e. The van der Waals surface area contributed by atoms with E-state index >= 15 is 0 Å². The molecule has 2 heteroatoms. The van der Waals surface area contributed by atoms with Crippen LogP contribution in [0, 0.1) is 12.3 Å². The lowest BCUT2D eigenvalue weighted by molar-refractivity contribution is 0.370. The van der Waals surface area contributed by atoms with E-state index in [2.05, 4.69) is 12.8 Å². The molecule has 0 aliphatic heterocycles. The molecule has 1 atom stereocenters. The SMILES string of the molecule is C#CCOc1ccc([C@@H](N)CC)cc1. The smallest absolute Gasteiger partial charge is 0.148 e. The van der Waals surface area contributed by atoms with Crippen LogP contribution in [0.25, 0.3) is 0 Å². The lowest BCUT2D eigenvalue weighted by Crippen LogP contribution is -2.08. The fourth-order valence-corrected chi connectivity index (χ4v) is 1.17. The second kappa shape index (κ2) is 5.31. The van der Waals surface area contributed by atoms with Crippen LogP contribution >= 0.6 is 0 Å². The van der Waals surface area contributed by atoms with E-state index < -0.39 is 0 Å². The van der Waals surface area contributed by atoms with E-state index in [1.807, 2.05) is 24.3 Å². The summed E-state index contributed by atoms with van der Waals surface area (Å²) in [5.41, 5.74) is 7.00. The third kappa shape index (κ3) is 2.79. The molecule has 0 amide bonds. The first-order valence-corrected chi connectivity index (χ1v) is 4.69. The molecule has 0 aliphatic carbocycles. The second-order valence-corrected chi connectivity index (χ2v) is 3.08. The number of nitrogens with two attached hydrogens (primary N) is 1. The Kier molecular flexibility index (Phi) is 4.03. The summed E-state index contributed by atoms with van der Waals surface area (Å²) in [6, 6.07) is 7.83. The van der Waals surface area contributed by atoms with E-state index in [1.54, 1.807) is 0 Å². The summed E-state index contributed by atoms with van der Waals surface area (Å²) in [6.07, 6.45) is 6.02. The van der Waals surface area contributed by atoms with Gasteiger partial charge in [-0.1, -0.05) is 25.0 Å². The van der Waals surface area contributed by atoms with E-state index in [0.717, 1.165) is 17.7 Å². The number of hydrogen-bond acceptors (Lipinski definition) is 2. The van der Waals surface area contributed by atoms with Crippen molar-refractivity contribution < 1.29 is 4.74 Å². The van der Waals surface area contributed by atoms with E-state index in [-0.39, 0.29) is 6.04 Å². The van der Waals surface area contributed by atoms with Crippen LogP contribution < -0.4 is 10.5 Å². The first kappa shape index (κ1) is 10.6. The minimum absolute atomic E-state index is 0.108. The summed E-state index contributed by atoms with van der Waals surface area (Å²) in [6.45, 7) is 2.37. The normalized spacial score (nSPS) is 11.8. The molecule has 0 aromatic heterocycles. The highest BCUT2D eigenvalue weighted by atomic mass is 16.5. The van der Waals surface area contributed by atoms with Crippen molar-refractivity contribution in [3.63, 3.8) is 0 Å². The van der Waals surface area contributed by atoms with Crippen molar-refractivity contribution in [2.24, 2.45) is 5.73 Å². The highest BCUT2D eigenvalue weighted by molar-refractivity contribution is 5.29. The maximum absolute atomic E-state index is 5.87. The van der Waals surface area contributed by atoms with Crippen LogP contribution in [-0.4, -0.2) is 6.61 Å². The Labute approximate surface area is 85.1 Å². The molecule has 2 nitrogen and oxygen atoms in total. The number of terminal acetylenes is 1. The third-order valence-electron chi connectivity index (χ3n) is 2.07. The van der Waals surface area contributed by atoms with Gasteiger partial charge in [0.25, 0.3) is 0 Å². The van der Waals surface area contributed by atoms with E-state index in [1.165, 1.54) is 0 Å². The van der Waals surface area contributed by atoms with Crippen molar-refractivity contribution >= 4 is 0 Å². The van der Waals surface area contributed by atoms with E-state index in [0.29, 0.717) is 6.61 Å². The number of hydrogen-bond donors (Lipinski definition) is 1. The minimum atomic E-state index is 0.108. The molecule has 2 N–H and O–H groups in total. The molecule has 1 aromatic rings. The van der Waals surface area contributed by atoms with Crippen molar-refractivity contribution in [1.82, 2.24) is 0 Å². The molecule has 0 radical (unpaired) electrons. The number of ether oxygens (including phenoxy) is 1. The summed E-state index contributed by atoms with van der Waals surface area (Å²) in [4.78, 5) is 0. The third-order valence-corrected chi connectivity index (χ3v) is 2.07. The first-order valence-electron chi connectivity index (χ1n) is 4.69. The molecular weight excluding hydrogens is 174 g/mol. The Hall–Kier alpha value is -1.46. The van der Waals surface area contributed by atoms with Gasteiger partial charge in [-0.2, -0.15) is 0 Å². The predicted molar refractivity (Wildman–Crippen MR) is 58.0 cm³/mol. The van der Waals surface area contributed by atoms with Crippen LogP contribution in [0.15, 0.2) is 24.3 Å². The van der Waals surface area contributed by atoms with Crippen molar-refractivity contribution in [1.29, 1.82) is 0 Å². The summed E-state index contributed by atoms with van der Waals surface area (Å²) in [5.74, 6) is 3.20. The second-order valence-electron chi connectivity index (χ2n) is 3.08. The van der Waals surface area contributed by atoms with Crippen LogP contribution in [0.3, 0.4) is 0 Å². The van der Waals surface area contributed by atoms with Crippen LogP contribution in [0.5, 0.6) is 5.75 Å². The Morgan fingerprint density at radius 1 is 1.43 bits per heavy atom. The standard InChI is InChI=1S/C12H15NO/c1-3-9-14-11-7-5-10(6-8-11)12(13)4-2/h1,5-8,12H,4,9,13H2,2H3/t12-/m0/s1. The van der Waals surface area contributed by atoms with Gasteiger partial charge in [0.2, 0.25) is 0 Å². The molecule has 0 aliphatic rings. The Morgan fingerprint density at radius 2 is 2.07 bits per heavy atom. The monoisotopic (exact) mass is 189 g/mol. The van der Waals surface area contributed by atoms with Gasteiger partial charge >= 0.3 is 0 Å². The Morgan fingerprint density at radius 3 is 2.57 bits per heavy atom. The fraction of sp³-hybridized carbons (Fsp3) is 0.333. The van der Waals surface area contributed by atoms with Crippen molar-refractivity contribution in [3.05, 3.63) is 29.8 Å². The molecule has 0 fully saturated rings.